The van der Waals surface area contributed by atoms with E-state index in [1.807, 2.05) is 19.9 Å². The summed E-state index contributed by atoms with van der Waals surface area (Å²) in [7, 11) is -3.48. The number of piperidine rings is 1. The number of rotatable bonds is 5. The second kappa shape index (κ2) is 9.29. The third-order valence-electron chi connectivity index (χ3n) is 7.56. The van der Waals surface area contributed by atoms with Crippen molar-refractivity contribution in [1.29, 1.82) is 0 Å². The van der Waals surface area contributed by atoms with Crippen LogP contribution < -0.4 is 0 Å². The van der Waals surface area contributed by atoms with Gasteiger partial charge in [0, 0.05) is 36.2 Å². The zero-order valence-electron chi connectivity index (χ0n) is 21.1. The van der Waals surface area contributed by atoms with Crippen LogP contribution in [0.5, 0.6) is 0 Å². The van der Waals surface area contributed by atoms with Gasteiger partial charge in [0.05, 0.1) is 4.90 Å². The number of aromatic nitrogens is 1. The van der Waals surface area contributed by atoms with Crippen LogP contribution in [0, 0.1) is 27.7 Å². The normalized spacial score (nSPS) is 15.7. The van der Waals surface area contributed by atoms with Crippen molar-refractivity contribution in [2.75, 3.05) is 13.1 Å². The number of sulfonamides is 1. The molecule has 35 heavy (non-hydrogen) atoms. The first-order chi connectivity index (χ1) is 16.8. The Balaban J connectivity index is 1.44. The van der Waals surface area contributed by atoms with Crippen LogP contribution in [-0.2, 0) is 16.6 Å². The highest BCUT2D eigenvalue weighted by Crippen LogP contribution is 2.39. The van der Waals surface area contributed by atoms with E-state index in [4.69, 9.17) is 0 Å². The predicted octanol–water partition coefficient (Wildman–Crippen LogP) is 6.49. The quantitative estimate of drug-likeness (QED) is 0.323. The first kappa shape index (κ1) is 23.8. The Labute approximate surface area is 209 Å². The summed E-state index contributed by atoms with van der Waals surface area (Å²) in [5.74, 6) is 0.351. The first-order valence-corrected chi connectivity index (χ1v) is 13.9. The van der Waals surface area contributed by atoms with E-state index in [9.17, 15) is 8.42 Å². The molecule has 0 saturated carbocycles. The van der Waals surface area contributed by atoms with Crippen molar-refractivity contribution in [2.45, 2.75) is 57.9 Å². The van der Waals surface area contributed by atoms with Gasteiger partial charge >= 0.3 is 0 Å². The molecule has 0 N–H and O–H groups in total. The highest BCUT2D eigenvalue weighted by molar-refractivity contribution is 7.89. The molecule has 4 aromatic rings. The van der Waals surface area contributed by atoms with Crippen molar-refractivity contribution in [3.05, 3.63) is 100 Å². The average molecular weight is 487 g/mol. The van der Waals surface area contributed by atoms with Gasteiger partial charge in [-0.2, -0.15) is 4.31 Å². The fourth-order valence-electron chi connectivity index (χ4n) is 5.75. The Hall–Kier alpha value is -2.89. The predicted molar refractivity (Wildman–Crippen MR) is 144 cm³/mol. The Morgan fingerprint density at radius 2 is 1.46 bits per heavy atom. The molecule has 1 aliphatic heterocycles. The summed E-state index contributed by atoms with van der Waals surface area (Å²) >= 11 is 0. The van der Waals surface area contributed by atoms with Crippen LogP contribution in [0.1, 0.15) is 52.3 Å². The van der Waals surface area contributed by atoms with Gasteiger partial charge in [-0.25, -0.2) is 8.42 Å². The SMILES string of the molecule is Cc1cc(C)cc(S(=O)(=O)N2CCC(c3c(C)n(Cc4ccccc4C)c4ccccc34)CC2)c1. The van der Waals surface area contributed by atoms with Gasteiger partial charge in [-0.15, -0.1) is 0 Å². The van der Waals surface area contributed by atoms with Crippen molar-refractivity contribution in [3.63, 3.8) is 0 Å². The van der Waals surface area contributed by atoms with E-state index in [0.717, 1.165) is 30.5 Å². The minimum absolute atomic E-state index is 0.351. The van der Waals surface area contributed by atoms with Crippen molar-refractivity contribution in [1.82, 2.24) is 8.87 Å². The summed E-state index contributed by atoms with van der Waals surface area (Å²) in [6.45, 7) is 10.3. The van der Waals surface area contributed by atoms with E-state index in [-0.39, 0.29) is 0 Å². The van der Waals surface area contributed by atoms with Crippen molar-refractivity contribution in [3.8, 4) is 0 Å². The smallest absolute Gasteiger partial charge is 0.243 e. The lowest BCUT2D eigenvalue weighted by Gasteiger charge is -2.32. The molecule has 4 nitrogen and oxygen atoms in total. The lowest BCUT2D eigenvalue weighted by molar-refractivity contribution is 0.319. The lowest BCUT2D eigenvalue weighted by Crippen LogP contribution is -2.38. The summed E-state index contributed by atoms with van der Waals surface area (Å²) in [5.41, 5.74) is 8.54. The molecular formula is C30H34N2O2S. The van der Waals surface area contributed by atoms with Crippen LogP contribution in [0.15, 0.2) is 71.6 Å². The minimum atomic E-state index is -3.48. The van der Waals surface area contributed by atoms with E-state index < -0.39 is 10.0 Å². The van der Waals surface area contributed by atoms with E-state index in [1.54, 1.807) is 16.4 Å². The molecule has 0 amide bonds. The number of benzene rings is 3. The molecule has 2 heterocycles. The molecule has 5 heteroatoms. The maximum absolute atomic E-state index is 13.4. The van der Waals surface area contributed by atoms with Gasteiger partial charge in [0.15, 0.2) is 0 Å². The number of hydrogen-bond donors (Lipinski definition) is 0. The van der Waals surface area contributed by atoms with E-state index in [2.05, 4.69) is 66.9 Å². The van der Waals surface area contributed by atoms with E-state index in [0.29, 0.717) is 23.9 Å². The van der Waals surface area contributed by atoms with Gasteiger partial charge in [0.2, 0.25) is 10.0 Å². The summed E-state index contributed by atoms with van der Waals surface area (Å²) < 4.78 is 30.9. The molecule has 0 radical (unpaired) electrons. The molecule has 182 valence electrons. The molecule has 0 atom stereocenters. The lowest BCUT2D eigenvalue weighted by atomic mass is 9.88. The van der Waals surface area contributed by atoms with Crippen LogP contribution in [0.4, 0.5) is 0 Å². The highest BCUT2D eigenvalue weighted by Gasteiger charge is 2.32. The van der Waals surface area contributed by atoms with Gasteiger partial charge in [0.25, 0.3) is 0 Å². The van der Waals surface area contributed by atoms with Gasteiger partial charge in [-0.3, -0.25) is 0 Å². The summed E-state index contributed by atoms with van der Waals surface area (Å²) in [6.07, 6.45) is 1.67. The van der Waals surface area contributed by atoms with E-state index in [1.165, 1.54) is 33.3 Å². The number of hydrogen-bond acceptors (Lipinski definition) is 2. The first-order valence-electron chi connectivity index (χ1n) is 12.5. The topological polar surface area (TPSA) is 42.3 Å². The molecule has 1 saturated heterocycles. The van der Waals surface area contributed by atoms with Crippen LogP contribution in [-0.4, -0.2) is 30.4 Å². The molecule has 1 aliphatic rings. The second-order valence-corrected chi connectivity index (χ2v) is 12.0. The van der Waals surface area contributed by atoms with Gasteiger partial charge < -0.3 is 4.57 Å². The molecule has 0 bridgehead atoms. The van der Waals surface area contributed by atoms with Gasteiger partial charge in [0.1, 0.15) is 0 Å². The Morgan fingerprint density at radius 1 is 0.829 bits per heavy atom. The number of fused-ring (bicyclic) bond motifs is 1. The fourth-order valence-corrected chi connectivity index (χ4v) is 7.41. The number of para-hydroxylation sites is 1. The van der Waals surface area contributed by atoms with Crippen LogP contribution in [0.25, 0.3) is 10.9 Å². The van der Waals surface area contributed by atoms with Crippen LogP contribution >= 0.6 is 0 Å². The molecule has 1 aromatic heterocycles. The summed E-state index contributed by atoms with van der Waals surface area (Å²) in [5, 5.41) is 1.30. The molecule has 3 aromatic carbocycles. The third-order valence-corrected chi connectivity index (χ3v) is 9.44. The third kappa shape index (κ3) is 4.43. The highest BCUT2D eigenvalue weighted by atomic mass is 32.2. The second-order valence-electron chi connectivity index (χ2n) is 10.0. The largest absolute Gasteiger partial charge is 0.340 e. The molecule has 5 rings (SSSR count). The average Bonchev–Trinajstić information content (AvgIpc) is 3.11. The Kier molecular flexibility index (Phi) is 6.32. The molecule has 0 unspecified atom stereocenters. The maximum atomic E-state index is 13.4. The Bertz CT molecular complexity index is 1470. The van der Waals surface area contributed by atoms with E-state index >= 15 is 0 Å². The monoisotopic (exact) mass is 486 g/mol. The van der Waals surface area contributed by atoms with Gasteiger partial charge in [-0.1, -0.05) is 48.5 Å². The number of aryl methyl sites for hydroxylation is 3. The molecule has 0 aliphatic carbocycles. The zero-order valence-corrected chi connectivity index (χ0v) is 21.9. The molecule has 0 spiro atoms. The zero-order chi connectivity index (χ0) is 24.7. The molecule has 1 fully saturated rings. The van der Waals surface area contributed by atoms with Crippen molar-refractivity contribution in [2.24, 2.45) is 0 Å². The summed E-state index contributed by atoms with van der Waals surface area (Å²) in [6, 6.07) is 22.8. The van der Waals surface area contributed by atoms with Crippen LogP contribution in [0.3, 0.4) is 0 Å². The van der Waals surface area contributed by atoms with Crippen molar-refractivity contribution < 1.29 is 8.42 Å². The Morgan fingerprint density at radius 3 is 2.14 bits per heavy atom. The molecular weight excluding hydrogens is 452 g/mol. The standard InChI is InChI=1S/C30H34N2O2S/c1-21-17-22(2)19-27(18-21)35(33,34)31-15-13-25(14-16-31)30-24(4)32(29-12-8-7-11-28(29)30)20-26-10-6-5-9-23(26)3/h5-12,17-19,25H,13-16,20H2,1-4H3. The fraction of sp³-hybridized carbons (Fsp3) is 0.333. The minimum Gasteiger partial charge on any atom is -0.340 e. The maximum Gasteiger partial charge on any atom is 0.243 e. The van der Waals surface area contributed by atoms with Crippen molar-refractivity contribution >= 4 is 20.9 Å². The number of nitrogens with zero attached hydrogens (tertiary/aromatic N) is 2. The van der Waals surface area contributed by atoms with Gasteiger partial charge in [-0.05, 0) is 92.5 Å². The summed E-state index contributed by atoms with van der Waals surface area (Å²) in [4.78, 5) is 0.416. The van der Waals surface area contributed by atoms with Crippen LogP contribution in [0.2, 0.25) is 0 Å².